The molecule has 0 aliphatic carbocycles. The Morgan fingerprint density at radius 2 is 2.25 bits per heavy atom. The first kappa shape index (κ1) is 12.7. The Kier molecular flexibility index (Phi) is 4.98. The van der Waals surface area contributed by atoms with Crippen molar-refractivity contribution >= 4 is 5.82 Å². The molecule has 0 amide bonds. The normalized spacial score (nSPS) is 12.2. The van der Waals surface area contributed by atoms with E-state index in [1.807, 2.05) is 6.92 Å². The van der Waals surface area contributed by atoms with Gasteiger partial charge in [-0.05, 0) is 19.3 Å². The van der Waals surface area contributed by atoms with E-state index in [1.165, 1.54) is 6.33 Å². The Balaban J connectivity index is 2.60. The summed E-state index contributed by atoms with van der Waals surface area (Å²) in [6.07, 6.45) is 2.26. The molecule has 0 bridgehead atoms. The molecule has 1 heterocycles. The number of anilines is 1. The van der Waals surface area contributed by atoms with Crippen LogP contribution in [0.4, 0.5) is 5.82 Å². The topological polar surface area (TPSA) is 67.3 Å². The maximum Gasteiger partial charge on any atom is 0.221 e. The molecule has 5 heteroatoms. The molecular weight excluding hydrogens is 206 g/mol. The van der Waals surface area contributed by atoms with E-state index in [0.29, 0.717) is 11.8 Å². The van der Waals surface area contributed by atoms with E-state index < -0.39 is 0 Å². The van der Waals surface area contributed by atoms with Gasteiger partial charge in [0, 0.05) is 13.2 Å². The summed E-state index contributed by atoms with van der Waals surface area (Å²) in [6.45, 7) is 4.99. The third kappa shape index (κ3) is 3.34. The van der Waals surface area contributed by atoms with Gasteiger partial charge in [-0.1, -0.05) is 6.92 Å². The Morgan fingerprint density at radius 3 is 2.88 bits per heavy atom. The number of aliphatic hydroxyl groups excluding tert-OH is 1. The van der Waals surface area contributed by atoms with E-state index in [0.717, 1.165) is 24.3 Å². The Labute approximate surface area is 95.9 Å². The summed E-state index contributed by atoms with van der Waals surface area (Å²) in [5.74, 6) is 1.79. The van der Waals surface area contributed by atoms with E-state index in [9.17, 15) is 0 Å². The molecule has 0 saturated carbocycles. The fraction of sp³-hybridized carbons (Fsp3) is 0.636. The van der Waals surface area contributed by atoms with Crippen LogP contribution < -0.4 is 10.1 Å². The van der Waals surface area contributed by atoms with Crippen LogP contribution in [0.5, 0.6) is 5.88 Å². The third-order valence-corrected chi connectivity index (χ3v) is 2.47. The molecule has 90 valence electrons. The summed E-state index contributed by atoms with van der Waals surface area (Å²) in [4.78, 5) is 8.16. The van der Waals surface area contributed by atoms with Gasteiger partial charge in [-0.15, -0.1) is 0 Å². The molecule has 0 aromatic carbocycles. The van der Waals surface area contributed by atoms with Crippen molar-refractivity contribution in [3.8, 4) is 5.88 Å². The quantitative estimate of drug-likeness (QED) is 0.762. The van der Waals surface area contributed by atoms with Gasteiger partial charge in [0.25, 0.3) is 0 Å². The maximum atomic E-state index is 8.80. The number of aliphatic hydroxyl groups is 1. The molecular formula is C11H19N3O2. The molecule has 0 radical (unpaired) electrons. The molecule has 1 atom stereocenters. The first-order valence-electron chi connectivity index (χ1n) is 5.39. The fourth-order valence-corrected chi connectivity index (χ4v) is 1.41. The highest BCUT2D eigenvalue weighted by atomic mass is 16.5. The molecule has 1 aromatic rings. The highest BCUT2D eigenvalue weighted by Crippen LogP contribution is 2.19. The Morgan fingerprint density at radius 1 is 1.50 bits per heavy atom. The van der Waals surface area contributed by atoms with Crippen molar-refractivity contribution < 1.29 is 9.84 Å². The summed E-state index contributed by atoms with van der Waals surface area (Å²) in [7, 11) is 1.59. The third-order valence-electron chi connectivity index (χ3n) is 2.47. The zero-order valence-corrected chi connectivity index (χ0v) is 10.0. The van der Waals surface area contributed by atoms with Crippen LogP contribution in [0, 0.1) is 12.8 Å². The van der Waals surface area contributed by atoms with Crippen molar-refractivity contribution in [2.24, 2.45) is 5.92 Å². The van der Waals surface area contributed by atoms with Gasteiger partial charge in [0.1, 0.15) is 12.1 Å². The summed E-state index contributed by atoms with van der Waals surface area (Å²) in [5, 5.41) is 12.0. The lowest BCUT2D eigenvalue weighted by Gasteiger charge is -2.13. The van der Waals surface area contributed by atoms with Gasteiger partial charge >= 0.3 is 0 Å². The molecule has 0 fully saturated rings. The van der Waals surface area contributed by atoms with Crippen molar-refractivity contribution in [1.82, 2.24) is 9.97 Å². The predicted octanol–water partition coefficient (Wildman–Crippen LogP) is 1.22. The number of rotatable bonds is 6. The molecule has 2 N–H and O–H groups in total. The first-order valence-corrected chi connectivity index (χ1v) is 5.39. The van der Waals surface area contributed by atoms with Crippen LogP contribution in [0.15, 0.2) is 6.33 Å². The number of nitrogens with zero attached hydrogens (tertiary/aromatic N) is 2. The minimum absolute atomic E-state index is 0.217. The summed E-state index contributed by atoms with van der Waals surface area (Å²) in [6, 6.07) is 0. The smallest absolute Gasteiger partial charge is 0.221 e. The molecule has 1 aromatic heterocycles. The van der Waals surface area contributed by atoms with Gasteiger partial charge in [-0.25, -0.2) is 9.97 Å². The number of aromatic nitrogens is 2. The van der Waals surface area contributed by atoms with E-state index in [-0.39, 0.29) is 6.61 Å². The highest BCUT2D eigenvalue weighted by Gasteiger charge is 2.08. The van der Waals surface area contributed by atoms with Crippen molar-refractivity contribution in [2.75, 3.05) is 25.6 Å². The summed E-state index contributed by atoms with van der Waals surface area (Å²) < 4.78 is 5.11. The average Bonchev–Trinajstić information content (AvgIpc) is 2.28. The van der Waals surface area contributed by atoms with Crippen molar-refractivity contribution in [1.29, 1.82) is 0 Å². The minimum atomic E-state index is 0.217. The summed E-state index contributed by atoms with van der Waals surface area (Å²) >= 11 is 0. The van der Waals surface area contributed by atoms with E-state index >= 15 is 0 Å². The van der Waals surface area contributed by atoms with Crippen LogP contribution in [-0.4, -0.2) is 35.3 Å². The Hall–Kier alpha value is -1.36. The molecule has 16 heavy (non-hydrogen) atoms. The largest absolute Gasteiger partial charge is 0.481 e. The molecule has 0 aliphatic rings. The number of ether oxygens (including phenoxy) is 1. The SMILES string of the molecule is COc1ncnc(NCC(C)CCO)c1C. The monoisotopic (exact) mass is 225 g/mol. The second-order valence-electron chi connectivity index (χ2n) is 3.85. The number of nitrogens with one attached hydrogen (secondary N) is 1. The molecule has 1 unspecified atom stereocenters. The molecule has 5 nitrogen and oxygen atoms in total. The first-order chi connectivity index (χ1) is 7.69. The number of hydrogen-bond donors (Lipinski definition) is 2. The van der Waals surface area contributed by atoms with E-state index in [1.54, 1.807) is 7.11 Å². The van der Waals surface area contributed by atoms with E-state index in [2.05, 4.69) is 22.2 Å². The number of hydrogen-bond acceptors (Lipinski definition) is 5. The Bertz CT molecular complexity index is 331. The van der Waals surface area contributed by atoms with Gasteiger partial charge < -0.3 is 15.2 Å². The zero-order chi connectivity index (χ0) is 12.0. The summed E-state index contributed by atoms with van der Waals surface area (Å²) in [5.41, 5.74) is 0.904. The van der Waals surface area contributed by atoms with Gasteiger partial charge in [-0.2, -0.15) is 0 Å². The molecule has 0 saturated heterocycles. The second-order valence-corrected chi connectivity index (χ2v) is 3.85. The van der Waals surface area contributed by atoms with E-state index in [4.69, 9.17) is 9.84 Å². The van der Waals surface area contributed by atoms with Crippen molar-refractivity contribution in [3.05, 3.63) is 11.9 Å². The van der Waals surface area contributed by atoms with Crippen LogP contribution in [0.2, 0.25) is 0 Å². The van der Waals surface area contributed by atoms with Crippen LogP contribution in [-0.2, 0) is 0 Å². The zero-order valence-electron chi connectivity index (χ0n) is 10.0. The highest BCUT2D eigenvalue weighted by molar-refractivity contribution is 5.47. The molecule has 0 spiro atoms. The van der Waals surface area contributed by atoms with Gasteiger partial charge in [0.05, 0.1) is 12.7 Å². The fourth-order valence-electron chi connectivity index (χ4n) is 1.41. The number of methoxy groups -OCH3 is 1. The van der Waals surface area contributed by atoms with Crippen molar-refractivity contribution in [2.45, 2.75) is 20.3 Å². The van der Waals surface area contributed by atoms with Crippen LogP contribution in [0.25, 0.3) is 0 Å². The maximum absolute atomic E-state index is 8.80. The second kappa shape index (κ2) is 6.27. The predicted molar refractivity (Wildman–Crippen MR) is 62.7 cm³/mol. The molecule has 0 aliphatic heterocycles. The van der Waals surface area contributed by atoms with Gasteiger partial charge in [0.2, 0.25) is 5.88 Å². The average molecular weight is 225 g/mol. The minimum Gasteiger partial charge on any atom is -0.481 e. The van der Waals surface area contributed by atoms with Crippen LogP contribution in [0.1, 0.15) is 18.9 Å². The standard InChI is InChI=1S/C11H19N3O2/c1-8(4-5-15)6-12-10-9(2)11(16-3)14-7-13-10/h7-8,15H,4-6H2,1-3H3,(H,12,13,14). The lowest BCUT2D eigenvalue weighted by Crippen LogP contribution is -2.14. The van der Waals surface area contributed by atoms with Gasteiger partial charge in [-0.3, -0.25) is 0 Å². The lowest BCUT2D eigenvalue weighted by molar-refractivity contribution is 0.266. The van der Waals surface area contributed by atoms with Crippen molar-refractivity contribution in [3.63, 3.8) is 0 Å². The lowest BCUT2D eigenvalue weighted by atomic mass is 10.1. The van der Waals surface area contributed by atoms with Crippen LogP contribution >= 0.6 is 0 Å². The van der Waals surface area contributed by atoms with Crippen LogP contribution in [0.3, 0.4) is 0 Å². The molecule has 1 rings (SSSR count). The van der Waals surface area contributed by atoms with Gasteiger partial charge in [0.15, 0.2) is 0 Å².